The summed E-state index contributed by atoms with van der Waals surface area (Å²) >= 11 is 0. The first-order valence-corrected chi connectivity index (χ1v) is 6.34. The lowest BCUT2D eigenvalue weighted by Crippen LogP contribution is -2.51. The van der Waals surface area contributed by atoms with Crippen LogP contribution in [0.4, 0.5) is 0 Å². The smallest absolute Gasteiger partial charge is 0.196 e. The molecule has 0 saturated heterocycles. The van der Waals surface area contributed by atoms with Gasteiger partial charge in [-0.3, -0.25) is 0 Å². The van der Waals surface area contributed by atoms with Gasteiger partial charge in [0.1, 0.15) is 11.4 Å². The Bertz CT molecular complexity index is 372. The third-order valence-corrected chi connectivity index (χ3v) is 3.39. The molecule has 1 aromatic carbocycles. The van der Waals surface area contributed by atoms with Gasteiger partial charge in [-0.1, -0.05) is 38.8 Å². The fourth-order valence-corrected chi connectivity index (χ4v) is 2.04. The molecule has 1 aromatic rings. The number of hydrogen-bond acceptors (Lipinski definition) is 4. The molecule has 0 spiro atoms. The fourth-order valence-electron chi connectivity index (χ4n) is 2.04. The lowest BCUT2D eigenvalue weighted by atomic mass is 9.80. The molecule has 4 heteroatoms. The molecule has 18 heavy (non-hydrogen) atoms. The SMILES string of the molecule is CCCCC(O)(c1ccc(O)cc1)C(O)(O)CC. The quantitative estimate of drug-likeness (QED) is 0.584. The first kappa shape index (κ1) is 15.0. The van der Waals surface area contributed by atoms with E-state index >= 15 is 0 Å². The van der Waals surface area contributed by atoms with Crippen molar-refractivity contribution in [1.82, 2.24) is 0 Å². The maximum absolute atomic E-state index is 10.7. The van der Waals surface area contributed by atoms with Crippen molar-refractivity contribution < 1.29 is 20.4 Å². The Labute approximate surface area is 108 Å². The van der Waals surface area contributed by atoms with E-state index in [1.54, 1.807) is 6.92 Å². The third-order valence-electron chi connectivity index (χ3n) is 3.39. The lowest BCUT2D eigenvalue weighted by molar-refractivity contribution is -0.285. The van der Waals surface area contributed by atoms with Gasteiger partial charge >= 0.3 is 0 Å². The highest BCUT2D eigenvalue weighted by Gasteiger charge is 2.47. The Kier molecular flexibility index (Phi) is 4.73. The van der Waals surface area contributed by atoms with Gasteiger partial charge in [-0.2, -0.15) is 0 Å². The zero-order chi connectivity index (χ0) is 13.8. The van der Waals surface area contributed by atoms with Crippen LogP contribution in [0, 0.1) is 0 Å². The molecule has 4 N–H and O–H groups in total. The summed E-state index contributed by atoms with van der Waals surface area (Å²) < 4.78 is 0. The van der Waals surface area contributed by atoms with Crippen LogP contribution in [-0.2, 0) is 5.60 Å². The highest BCUT2D eigenvalue weighted by molar-refractivity contribution is 5.31. The van der Waals surface area contributed by atoms with Crippen molar-refractivity contribution in [3.63, 3.8) is 0 Å². The van der Waals surface area contributed by atoms with E-state index in [-0.39, 0.29) is 18.6 Å². The van der Waals surface area contributed by atoms with E-state index < -0.39 is 11.4 Å². The molecule has 0 saturated carbocycles. The predicted molar refractivity (Wildman–Crippen MR) is 69.0 cm³/mol. The summed E-state index contributed by atoms with van der Waals surface area (Å²) in [7, 11) is 0. The molecule has 0 aliphatic heterocycles. The van der Waals surface area contributed by atoms with Crippen molar-refractivity contribution in [3.05, 3.63) is 29.8 Å². The molecule has 0 amide bonds. The van der Waals surface area contributed by atoms with Crippen LogP contribution in [0.15, 0.2) is 24.3 Å². The number of hydrogen-bond donors (Lipinski definition) is 4. The van der Waals surface area contributed by atoms with Crippen molar-refractivity contribution in [2.75, 3.05) is 0 Å². The van der Waals surface area contributed by atoms with E-state index in [9.17, 15) is 20.4 Å². The second-order valence-corrected chi connectivity index (χ2v) is 4.68. The summed E-state index contributed by atoms with van der Waals surface area (Å²) in [5, 5.41) is 40.0. The molecule has 1 rings (SSSR count). The number of phenols is 1. The van der Waals surface area contributed by atoms with Gasteiger partial charge in [-0.15, -0.1) is 0 Å². The summed E-state index contributed by atoms with van der Waals surface area (Å²) in [5.41, 5.74) is -1.31. The zero-order valence-corrected chi connectivity index (χ0v) is 10.9. The van der Waals surface area contributed by atoms with Crippen LogP contribution in [0.2, 0.25) is 0 Å². The van der Waals surface area contributed by atoms with E-state index in [2.05, 4.69) is 0 Å². The van der Waals surface area contributed by atoms with Gasteiger partial charge in [0.2, 0.25) is 0 Å². The van der Waals surface area contributed by atoms with Gasteiger partial charge in [0.25, 0.3) is 0 Å². The molecular formula is C14H22O4. The number of rotatable bonds is 6. The maximum Gasteiger partial charge on any atom is 0.196 e. The minimum atomic E-state index is -2.18. The van der Waals surface area contributed by atoms with Crippen LogP contribution < -0.4 is 0 Å². The Morgan fingerprint density at radius 1 is 1.00 bits per heavy atom. The largest absolute Gasteiger partial charge is 0.508 e. The normalized spacial score (nSPS) is 15.4. The molecule has 4 nitrogen and oxygen atoms in total. The first-order chi connectivity index (χ1) is 8.37. The van der Waals surface area contributed by atoms with Crippen LogP contribution in [-0.4, -0.2) is 26.2 Å². The number of aliphatic hydroxyl groups is 3. The van der Waals surface area contributed by atoms with Crippen LogP contribution >= 0.6 is 0 Å². The minimum absolute atomic E-state index is 0.0219. The summed E-state index contributed by atoms with van der Waals surface area (Å²) in [6.45, 7) is 3.58. The van der Waals surface area contributed by atoms with Crippen molar-refractivity contribution >= 4 is 0 Å². The van der Waals surface area contributed by atoms with Gasteiger partial charge in [-0.05, 0) is 24.1 Å². The Morgan fingerprint density at radius 2 is 1.56 bits per heavy atom. The summed E-state index contributed by atoms with van der Waals surface area (Å²) in [6.07, 6.45) is 1.81. The van der Waals surface area contributed by atoms with Crippen molar-refractivity contribution in [1.29, 1.82) is 0 Å². The molecule has 1 atom stereocenters. The third kappa shape index (κ3) is 2.83. The maximum atomic E-state index is 10.7. The topological polar surface area (TPSA) is 80.9 Å². The van der Waals surface area contributed by atoms with E-state index in [0.717, 1.165) is 6.42 Å². The molecular weight excluding hydrogens is 232 g/mol. The number of benzene rings is 1. The molecule has 1 unspecified atom stereocenters. The summed E-state index contributed by atoms with van der Waals surface area (Å²) in [6, 6.07) is 5.89. The highest BCUT2D eigenvalue weighted by atomic mass is 16.5. The Balaban J connectivity index is 3.15. The van der Waals surface area contributed by atoms with Crippen molar-refractivity contribution in [2.45, 2.75) is 50.9 Å². The standard InChI is InChI=1S/C14H22O4/c1-3-5-10-13(16,14(17,18)4-2)11-6-8-12(15)9-7-11/h6-9,15-18H,3-5,10H2,1-2H3. The average Bonchev–Trinajstić information content (AvgIpc) is 2.36. The zero-order valence-electron chi connectivity index (χ0n) is 10.9. The molecule has 0 fully saturated rings. The molecule has 0 aliphatic rings. The monoisotopic (exact) mass is 254 g/mol. The second kappa shape index (κ2) is 5.69. The van der Waals surface area contributed by atoms with E-state index in [4.69, 9.17) is 0 Å². The lowest BCUT2D eigenvalue weighted by Gasteiger charge is -2.39. The molecule has 0 aliphatic carbocycles. The number of aromatic hydroxyl groups is 1. The Morgan fingerprint density at radius 3 is 2.00 bits per heavy atom. The van der Waals surface area contributed by atoms with Crippen LogP contribution in [0.5, 0.6) is 5.75 Å². The molecule has 0 radical (unpaired) electrons. The minimum Gasteiger partial charge on any atom is -0.508 e. The molecule has 0 heterocycles. The van der Waals surface area contributed by atoms with Crippen LogP contribution in [0.1, 0.15) is 45.1 Å². The number of phenolic OH excluding ortho intramolecular Hbond substituents is 1. The summed E-state index contributed by atoms with van der Waals surface area (Å²) in [5.74, 6) is -2.10. The molecule has 0 bridgehead atoms. The van der Waals surface area contributed by atoms with Crippen LogP contribution in [0.25, 0.3) is 0 Å². The highest BCUT2D eigenvalue weighted by Crippen LogP contribution is 2.38. The van der Waals surface area contributed by atoms with E-state index in [0.29, 0.717) is 12.0 Å². The van der Waals surface area contributed by atoms with Crippen molar-refractivity contribution in [3.8, 4) is 5.75 Å². The van der Waals surface area contributed by atoms with Crippen molar-refractivity contribution in [2.24, 2.45) is 0 Å². The van der Waals surface area contributed by atoms with E-state index in [1.165, 1.54) is 24.3 Å². The average molecular weight is 254 g/mol. The van der Waals surface area contributed by atoms with Crippen LogP contribution in [0.3, 0.4) is 0 Å². The first-order valence-electron chi connectivity index (χ1n) is 6.34. The van der Waals surface area contributed by atoms with Gasteiger partial charge in [-0.25, -0.2) is 0 Å². The molecule has 0 aromatic heterocycles. The second-order valence-electron chi connectivity index (χ2n) is 4.68. The predicted octanol–water partition coefficient (Wildman–Crippen LogP) is 1.86. The van der Waals surface area contributed by atoms with Gasteiger partial charge < -0.3 is 20.4 Å². The van der Waals surface area contributed by atoms with Gasteiger partial charge in [0, 0.05) is 6.42 Å². The van der Waals surface area contributed by atoms with Gasteiger partial charge in [0.15, 0.2) is 5.79 Å². The number of unbranched alkanes of at least 4 members (excludes halogenated alkanes) is 1. The van der Waals surface area contributed by atoms with Gasteiger partial charge in [0.05, 0.1) is 0 Å². The molecule has 102 valence electrons. The Hall–Kier alpha value is -1.10. The summed E-state index contributed by atoms with van der Waals surface area (Å²) in [4.78, 5) is 0. The fraction of sp³-hybridized carbons (Fsp3) is 0.571. The van der Waals surface area contributed by atoms with E-state index in [1.807, 2.05) is 6.92 Å².